The predicted octanol–water partition coefficient (Wildman–Crippen LogP) is 3.18. The number of ether oxygens (including phenoxy) is 1. The second-order valence-corrected chi connectivity index (χ2v) is 7.67. The minimum atomic E-state index is -0.602. The van der Waals surface area contributed by atoms with Gasteiger partial charge in [0.15, 0.2) is 5.65 Å². The molecule has 2 aromatic rings. The average Bonchev–Trinajstić information content (AvgIpc) is 3.29. The predicted molar refractivity (Wildman–Crippen MR) is 113 cm³/mol. The molecule has 9 nitrogen and oxygen atoms in total. The number of aromatic nitrogens is 3. The number of nitrogens with one attached hydrogen (secondary N) is 1. The molecule has 4 rings (SSSR count). The summed E-state index contributed by atoms with van der Waals surface area (Å²) in [5.41, 5.74) is 1.50. The van der Waals surface area contributed by atoms with Crippen LogP contribution in [0.5, 0.6) is 0 Å². The molecule has 4 heterocycles. The van der Waals surface area contributed by atoms with Gasteiger partial charge in [0, 0.05) is 18.0 Å². The Balaban J connectivity index is 1.81. The molecule has 2 aliphatic rings. The molecule has 10 heteroatoms. The van der Waals surface area contributed by atoms with Gasteiger partial charge in [0.05, 0.1) is 17.7 Å². The van der Waals surface area contributed by atoms with Crippen molar-refractivity contribution in [1.29, 1.82) is 0 Å². The topological polar surface area (TPSA) is 101 Å². The highest BCUT2D eigenvalue weighted by Crippen LogP contribution is 2.27. The van der Waals surface area contributed by atoms with Crippen molar-refractivity contribution >= 4 is 29.2 Å². The Labute approximate surface area is 178 Å². The van der Waals surface area contributed by atoms with Gasteiger partial charge in [-0.15, -0.1) is 0 Å². The molecule has 2 amide bonds. The molecule has 162 valence electrons. The summed E-state index contributed by atoms with van der Waals surface area (Å²) in [5, 5.41) is 7.12. The van der Waals surface area contributed by atoms with E-state index < -0.39 is 12.1 Å². The van der Waals surface area contributed by atoms with Gasteiger partial charge in [-0.25, -0.2) is 23.6 Å². The van der Waals surface area contributed by atoms with Gasteiger partial charge in [-0.2, -0.15) is 5.10 Å². The van der Waals surface area contributed by atoms with Crippen LogP contribution in [0.1, 0.15) is 43.5 Å². The largest absolute Gasteiger partial charge is 0.446 e. The SMILES string of the molecule is C=C1/N=C(\C=C(/C)F)CCC[C@@H](C)NC(=O)c2cnn3ccc(nc23)N2C(=O)OC[C@H]12. The fraction of sp³-hybridized carbons (Fsp3) is 0.381. The average molecular weight is 426 g/mol. The van der Waals surface area contributed by atoms with Crippen molar-refractivity contribution in [2.45, 2.75) is 45.2 Å². The van der Waals surface area contributed by atoms with E-state index in [0.29, 0.717) is 41.9 Å². The number of nitrogens with zero attached hydrogens (tertiary/aromatic N) is 5. The highest BCUT2D eigenvalue weighted by Gasteiger charge is 2.37. The second kappa shape index (κ2) is 8.29. The van der Waals surface area contributed by atoms with Crippen molar-refractivity contribution in [3.05, 3.63) is 48.2 Å². The molecule has 0 aliphatic carbocycles. The van der Waals surface area contributed by atoms with Crippen LogP contribution in [0.4, 0.5) is 15.0 Å². The first-order valence-electron chi connectivity index (χ1n) is 10.0. The van der Waals surface area contributed by atoms with Gasteiger partial charge in [-0.1, -0.05) is 6.58 Å². The molecule has 0 spiro atoms. The Kier molecular flexibility index (Phi) is 5.53. The van der Waals surface area contributed by atoms with Crippen LogP contribution >= 0.6 is 0 Å². The Morgan fingerprint density at radius 2 is 2.23 bits per heavy atom. The molecular formula is C21H23FN6O3. The van der Waals surface area contributed by atoms with Gasteiger partial charge in [0.25, 0.3) is 5.91 Å². The summed E-state index contributed by atoms with van der Waals surface area (Å²) in [4.78, 5) is 35.6. The number of fused-ring (bicyclic) bond motifs is 3. The van der Waals surface area contributed by atoms with E-state index >= 15 is 0 Å². The quantitative estimate of drug-likeness (QED) is 0.755. The number of halogens is 1. The molecular weight excluding hydrogens is 403 g/mol. The third-order valence-electron chi connectivity index (χ3n) is 5.20. The minimum Gasteiger partial charge on any atom is -0.446 e. The van der Waals surface area contributed by atoms with E-state index in [9.17, 15) is 14.0 Å². The fourth-order valence-corrected chi connectivity index (χ4v) is 3.69. The Hall–Kier alpha value is -3.56. The molecule has 0 unspecified atom stereocenters. The second-order valence-electron chi connectivity index (χ2n) is 7.67. The van der Waals surface area contributed by atoms with Crippen LogP contribution in [0.15, 0.2) is 47.6 Å². The van der Waals surface area contributed by atoms with Gasteiger partial charge in [-0.3, -0.25) is 9.79 Å². The van der Waals surface area contributed by atoms with E-state index in [2.05, 4.69) is 27.0 Å². The summed E-state index contributed by atoms with van der Waals surface area (Å²) in [7, 11) is 0. The van der Waals surface area contributed by atoms with Crippen molar-refractivity contribution in [3.8, 4) is 0 Å². The first-order chi connectivity index (χ1) is 14.8. The third kappa shape index (κ3) is 4.18. The molecule has 0 aromatic carbocycles. The van der Waals surface area contributed by atoms with Crippen molar-refractivity contribution < 1.29 is 18.7 Å². The summed E-state index contributed by atoms with van der Waals surface area (Å²) >= 11 is 0. The minimum absolute atomic E-state index is 0.0449. The third-order valence-corrected chi connectivity index (χ3v) is 5.20. The van der Waals surface area contributed by atoms with Crippen molar-refractivity contribution in [3.63, 3.8) is 0 Å². The first-order valence-corrected chi connectivity index (χ1v) is 10.0. The highest BCUT2D eigenvalue weighted by atomic mass is 19.1. The lowest BCUT2D eigenvalue weighted by Crippen LogP contribution is -2.35. The van der Waals surface area contributed by atoms with Crippen LogP contribution in [0.25, 0.3) is 5.65 Å². The lowest BCUT2D eigenvalue weighted by Gasteiger charge is -2.20. The Morgan fingerprint density at radius 1 is 1.42 bits per heavy atom. The molecule has 0 radical (unpaired) electrons. The summed E-state index contributed by atoms with van der Waals surface area (Å²) in [6, 6.07) is 0.884. The fourth-order valence-electron chi connectivity index (χ4n) is 3.69. The molecule has 2 aliphatic heterocycles. The van der Waals surface area contributed by atoms with Gasteiger partial charge in [0.1, 0.15) is 24.0 Å². The number of amides is 2. The molecule has 2 bridgehead atoms. The lowest BCUT2D eigenvalue weighted by atomic mass is 10.1. The molecule has 2 atom stereocenters. The maximum atomic E-state index is 13.6. The number of cyclic esters (lactones) is 1. The molecule has 0 saturated carbocycles. The lowest BCUT2D eigenvalue weighted by molar-refractivity contribution is 0.0939. The van der Waals surface area contributed by atoms with E-state index in [4.69, 9.17) is 4.74 Å². The summed E-state index contributed by atoms with van der Waals surface area (Å²) in [6.45, 7) is 7.30. The zero-order valence-electron chi connectivity index (χ0n) is 17.3. The van der Waals surface area contributed by atoms with Crippen LogP contribution in [0.3, 0.4) is 0 Å². The number of carbonyl (C=O) groups excluding carboxylic acids is 2. The monoisotopic (exact) mass is 426 g/mol. The molecule has 2 aromatic heterocycles. The number of hydrogen-bond donors (Lipinski definition) is 1. The normalized spacial score (nSPS) is 24.9. The molecule has 31 heavy (non-hydrogen) atoms. The molecule has 1 fully saturated rings. The van der Waals surface area contributed by atoms with Crippen LogP contribution in [0, 0.1) is 0 Å². The van der Waals surface area contributed by atoms with Crippen molar-refractivity contribution in [2.75, 3.05) is 11.5 Å². The summed E-state index contributed by atoms with van der Waals surface area (Å²) < 4.78 is 20.3. The zero-order chi connectivity index (χ0) is 22.1. The zero-order valence-corrected chi connectivity index (χ0v) is 17.3. The maximum Gasteiger partial charge on any atom is 0.416 e. The van der Waals surface area contributed by atoms with Gasteiger partial charge >= 0.3 is 6.09 Å². The maximum absolute atomic E-state index is 13.6. The first kappa shape index (κ1) is 20.7. The van der Waals surface area contributed by atoms with E-state index in [1.165, 1.54) is 28.6 Å². The summed E-state index contributed by atoms with van der Waals surface area (Å²) in [5.74, 6) is -0.394. The highest BCUT2D eigenvalue weighted by molar-refractivity contribution is 6.00. The van der Waals surface area contributed by atoms with Crippen molar-refractivity contribution in [1.82, 2.24) is 19.9 Å². The van der Waals surface area contributed by atoms with Crippen molar-refractivity contribution in [2.24, 2.45) is 4.99 Å². The molecule has 1 N–H and O–H groups in total. The number of hydrogen-bond acceptors (Lipinski definition) is 6. The van der Waals surface area contributed by atoms with E-state index in [1.807, 2.05) is 6.92 Å². The van der Waals surface area contributed by atoms with E-state index in [-0.39, 0.29) is 30.2 Å². The summed E-state index contributed by atoms with van der Waals surface area (Å²) in [6.07, 6.45) is 5.66. The Morgan fingerprint density at radius 3 is 3.00 bits per heavy atom. The molecule has 1 saturated heterocycles. The number of allylic oxidation sites excluding steroid dienone is 2. The number of rotatable bonds is 1. The Bertz CT molecular complexity index is 1120. The van der Waals surface area contributed by atoms with Crippen LogP contribution < -0.4 is 10.2 Å². The van der Waals surface area contributed by atoms with Gasteiger partial charge in [0.2, 0.25) is 0 Å². The van der Waals surface area contributed by atoms with Crippen LogP contribution in [0.2, 0.25) is 0 Å². The van der Waals surface area contributed by atoms with Gasteiger partial charge in [-0.05, 0) is 45.3 Å². The van der Waals surface area contributed by atoms with Crippen LogP contribution in [-0.2, 0) is 4.74 Å². The number of aliphatic imine (C=N–C) groups is 1. The van der Waals surface area contributed by atoms with E-state index in [0.717, 1.165) is 0 Å². The number of carbonyl (C=O) groups is 2. The van der Waals surface area contributed by atoms with Gasteiger partial charge < -0.3 is 10.1 Å². The van der Waals surface area contributed by atoms with E-state index in [1.54, 1.807) is 12.3 Å². The standard InChI is InChI=1S/C21H23FN6O3/c1-12(22)9-15-6-4-5-13(2)24-20(29)16-10-23-27-8-7-18(26-19(16)27)28-17(14(3)25-15)11-31-21(28)30/h7-10,13,17H,3-6,11H2,1-2H3,(H,24,29)/b12-9+,25-15-/t13-,17-/m1/s1. The number of anilines is 1. The van der Waals surface area contributed by atoms with Crippen LogP contribution in [-0.4, -0.2) is 51.0 Å². The smallest absolute Gasteiger partial charge is 0.416 e.